The Morgan fingerprint density at radius 3 is 2.90 bits per heavy atom. The normalized spacial score (nSPS) is 16.4. The first-order chi connectivity index (χ1) is 10.3. The van der Waals surface area contributed by atoms with E-state index in [9.17, 15) is 4.79 Å². The molecule has 2 aromatic rings. The van der Waals surface area contributed by atoms with Crippen LogP contribution in [0.3, 0.4) is 0 Å². The molecule has 3 rings (SSSR count). The zero-order valence-corrected chi connectivity index (χ0v) is 13.4. The van der Waals surface area contributed by atoms with Crippen molar-refractivity contribution in [2.24, 2.45) is 7.05 Å². The number of nitrogens with one attached hydrogen (secondary N) is 1. The quantitative estimate of drug-likeness (QED) is 0.863. The molecule has 0 bridgehead atoms. The van der Waals surface area contributed by atoms with Crippen molar-refractivity contribution >= 4 is 27.5 Å². The number of thiophene rings is 1. The fourth-order valence-corrected chi connectivity index (χ4v) is 3.90. The smallest absolute Gasteiger partial charge is 0.267 e. The van der Waals surface area contributed by atoms with Crippen LogP contribution in [0.5, 0.6) is 0 Å². The molecule has 3 heterocycles. The summed E-state index contributed by atoms with van der Waals surface area (Å²) in [6.07, 6.45) is 5.06. The number of hydrogen-bond donors (Lipinski definition) is 1. The first-order valence-corrected chi connectivity index (χ1v) is 8.67. The molecule has 2 aromatic heterocycles. The number of hydrogen-bond acceptors (Lipinski definition) is 3. The molecule has 4 nitrogen and oxygen atoms in total. The van der Waals surface area contributed by atoms with Gasteiger partial charge < -0.3 is 14.8 Å². The summed E-state index contributed by atoms with van der Waals surface area (Å²) in [6.45, 7) is 4.31. The van der Waals surface area contributed by atoms with Gasteiger partial charge in [-0.1, -0.05) is 6.42 Å². The summed E-state index contributed by atoms with van der Waals surface area (Å²) >= 11 is 1.68. The number of fused-ring (bicyclic) bond motifs is 1. The maximum Gasteiger partial charge on any atom is 0.267 e. The Morgan fingerprint density at radius 1 is 1.33 bits per heavy atom. The van der Waals surface area contributed by atoms with Gasteiger partial charge in [0, 0.05) is 13.6 Å². The van der Waals surface area contributed by atoms with Crippen molar-refractivity contribution in [2.75, 3.05) is 26.2 Å². The van der Waals surface area contributed by atoms with Crippen molar-refractivity contribution in [2.45, 2.75) is 25.7 Å². The molecule has 0 aliphatic carbocycles. The zero-order valence-electron chi connectivity index (χ0n) is 12.6. The van der Waals surface area contributed by atoms with E-state index in [0.717, 1.165) is 30.7 Å². The molecule has 1 aliphatic rings. The molecule has 0 spiro atoms. The molecular weight excluding hydrogens is 282 g/mol. The van der Waals surface area contributed by atoms with Gasteiger partial charge in [0.25, 0.3) is 5.91 Å². The lowest BCUT2D eigenvalue weighted by Crippen LogP contribution is -2.33. The van der Waals surface area contributed by atoms with Gasteiger partial charge in [-0.25, -0.2) is 0 Å². The van der Waals surface area contributed by atoms with Crippen LogP contribution < -0.4 is 5.32 Å². The van der Waals surface area contributed by atoms with Crippen LogP contribution in [0.15, 0.2) is 17.5 Å². The van der Waals surface area contributed by atoms with Crippen molar-refractivity contribution in [3.05, 3.63) is 23.2 Å². The predicted molar refractivity (Wildman–Crippen MR) is 88.0 cm³/mol. The lowest BCUT2D eigenvalue weighted by molar-refractivity contribution is 0.0943. The van der Waals surface area contributed by atoms with Gasteiger partial charge in [-0.15, -0.1) is 11.3 Å². The number of nitrogens with zero attached hydrogens (tertiary/aromatic N) is 2. The van der Waals surface area contributed by atoms with Gasteiger partial charge in [-0.3, -0.25) is 4.79 Å². The highest BCUT2D eigenvalue weighted by atomic mass is 32.1. The predicted octanol–water partition coefficient (Wildman–Crippen LogP) is 2.85. The highest BCUT2D eigenvalue weighted by molar-refractivity contribution is 7.17. The maximum atomic E-state index is 12.2. The number of carbonyl (C=O) groups excluding carboxylic acids is 1. The Labute approximate surface area is 129 Å². The van der Waals surface area contributed by atoms with Crippen molar-refractivity contribution in [3.63, 3.8) is 0 Å². The molecule has 1 N–H and O–H groups in total. The van der Waals surface area contributed by atoms with Gasteiger partial charge >= 0.3 is 0 Å². The van der Waals surface area contributed by atoms with Crippen molar-refractivity contribution in [1.29, 1.82) is 0 Å². The molecule has 114 valence electrons. The van der Waals surface area contributed by atoms with E-state index in [-0.39, 0.29) is 5.91 Å². The van der Waals surface area contributed by atoms with Crippen LogP contribution in [-0.4, -0.2) is 41.6 Å². The van der Waals surface area contributed by atoms with Crippen LogP contribution >= 0.6 is 11.3 Å². The van der Waals surface area contributed by atoms with Gasteiger partial charge in [-0.2, -0.15) is 0 Å². The highest BCUT2D eigenvalue weighted by Gasteiger charge is 2.14. The largest absolute Gasteiger partial charge is 0.351 e. The Hall–Kier alpha value is -1.33. The summed E-state index contributed by atoms with van der Waals surface area (Å²) < 4.78 is 3.15. The molecule has 0 atom stereocenters. The van der Waals surface area contributed by atoms with Gasteiger partial charge in [-0.05, 0) is 56.4 Å². The third-order valence-corrected chi connectivity index (χ3v) is 5.13. The Morgan fingerprint density at radius 2 is 2.14 bits per heavy atom. The molecule has 1 amide bonds. The van der Waals surface area contributed by atoms with E-state index in [0.29, 0.717) is 0 Å². The number of aryl methyl sites for hydroxylation is 1. The van der Waals surface area contributed by atoms with Crippen LogP contribution in [0.25, 0.3) is 10.2 Å². The molecule has 21 heavy (non-hydrogen) atoms. The molecule has 1 saturated heterocycles. The molecule has 0 unspecified atom stereocenters. The zero-order chi connectivity index (χ0) is 14.7. The van der Waals surface area contributed by atoms with E-state index in [1.165, 1.54) is 37.1 Å². The van der Waals surface area contributed by atoms with E-state index < -0.39 is 0 Å². The second-order valence-corrected chi connectivity index (χ2v) is 6.72. The summed E-state index contributed by atoms with van der Waals surface area (Å²) in [6, 6.07) is 4.05. The molecule has 1 aliphatic heterocycles. The second kappa shape index (κ2) is 6.62. The summed E-state index contributed by atoms with van der Waals surface area (Å²) in [5, 5.41) is 5.11. The van der Waals surface area contributed by atoms with Crippen LogP contribution in [0, 0.1) is 0 Å². The average molecular weight is 305 g/mol. The third kappa shape index (κ3) is 3.30. The van der Waals surface area contributed by atoms with Gasteiger partial charge in [0.1, 0.15) is 5.69 Å². The monoisotopic (exact) mass is 305 g/mol. The van der Waals surface area contributed by atoms with Crippen LogP contribution in [0.2, 0.25) is 0 Å². The van der Waals surface area contributed by atoms with Crippen molar-refractivity contribution in [3.8, 4) is 0 Å². The minimum absolute atomic E-state index is 0.0412. The highest BCUT2D eigenvalue weighted by Crippen LogP contribution is 2.23. The topological polar surface area (TPSA) is 37.3 Å². The lowest BCUT2D eigenvalue weighted by atomic mass is 10.1. The van der Waals surface area contributed by atoms with E-state index in [1.807, 2.05) is 17.7 Å². The van der Waals surface area contributed by atoms with E-state index in [4.69, 9.17) is 0 Å². The summed E-state index contributed by atoms with van der Waals surface area (Å²) in [5.74, 6) is 0.0412. The summed E-state index contributed by atoms with van der Waals surface area (Å²) in [5.41, 5.74) is 1.90. The molecule has 1 fully saturated rings. The molecule has 0 radical (unpaired) electrons. The minimum atomic E-state index is 0.0412. The first kappa shape index (κ1) is 14.6. The molecule has 5 heteroatoms. The Kier molecular flexibility index (Phi) is 4.60. The van der Waals surface area contributed by atoms with E-state index in [2.05, 4.69) is 21.7 Å². The van der Waals surface area contributed by atoms with Crippen LogP contribution in [0.1, 0.15) is 36.2 Å². The molecule has 0 saturated carbocycles. The number of rotatable bonds is 5. The number of piperidine rings is 1. The number of likely N-dealkylation sites (tertiary alicyclic amines) is 1. The second-order valence-electron chi connectivity index (χ2n) is 5.77. The summed E-state index contributed by atoms with van der Waals surface area (Å²) in [4.78, 5) is 14.8. The minimum Gasteiger partial charge on any atom is -0.351 e. The standard InChI is InChI=1S/C16H23N3OS/c1-18-13-6-11-21-15(13)12-14(18)16(20)17-7-5-10-19-8-3-2-4-9-19/h6,11-12H,2-5,7-10H2,1H3,(H,17,20). The van der Waals surface area contributed by atoms with E-state index in [1.54, 1.807) is 11.3 Å². The number of carbonyl (C=O) groups is 1. The maximum absolute atomic E-state index is 12.2. The lowest BCUT2D eigenvalue weighted by Gasteiger charge is -2.26. The fraction of sp³-hybridized carbons (Fsp3) is 0.562. The van der Waals surface area contributed by atoms with Crippen molar-refractivity contribution in [1.82, 2.24) is 14.8 Å². The number of aromatic nitrogens is 1. The molecule has 0 aromatic carbocycles. The fourth-order valence-electron chi connectivity index (χ4n) is 3.05. The van der Waals surface area contributed by atoms with Gasteiger partial charge in [0.05, 0.1) is 10.2 Å². The van der Waals surface area contributed by atoms with Crippen LogP contribution in [0.4, 0.5) is 0 Å². The Bertz CT molecular complexity index is 610. The molecular formula is C16H23N3OS. The van der Waals surface area contributed by atoms with Gasteiger partial charge in [0.2, 0.25) is 0 Å². The SMILES string of the molecule is Cn1c(C(=O)NCCCN2CCCCC2)cc2sccc21. The average Bonchev–Trinajstić information content (AvgIpc) is 3.08. The number of amides is 1. The first-order valence-electron chi connectivity index (χ1n) is 7.79. The van der Waals surface area contributed by atoms with Crippen LogP contribution in [-0.2, 0) is 7.05 Å². The van der Waals surface area contributed by atoms with Crippen molar-refractivity contribution < 1.29 is 4.79 Å². The van der Waals surface area contributed by atoms with Gasteiger partial charge in [0.15, 0.2) is 0 Å². The summed E-state index contributed by atoms with van der Waals surface area (Å²) in [7, 11) is 1.96. The Balaban J connectivity index is 1.47. The third-order valence-electron chi connectivity index (χ3n) is 4.28. The van der Waals surface area contributed by atoms with E-state index >= 15 is 0 Å².